The quantitative estimate of drug-likeness (QED) is 0.726. The number of aromatic nitrogens is 1. The minimum absolute atomic E-state index is 0.0227. The van der Waals surface area contributed by atoms with Crippen LogP contribution in [0.2, 0.25) is 0 Å². The molecule has 8 heteroatoms. The number of carbonyl (C=O) groups excluding carboxylic acids is 2. The number of ether oxygens (including phenoxy) is 1. The van der Waals surface area contributed by atoms with Gasteiger partial charge in [0.15, 0.2) is 5.13 Å². The average molecular weight is 382 g/mol. The molecular weight excluding hydrogens is 364 g/mol. The van der Waals surface area contributed by atoms with Gasteiger partial charge in [-0.15, -0.1) is 0 Å². The SMILES string of the molecule is COc1ccc(N2C[C@H](NC(=O)Nc3nc4ccccc4s3)CC2=O)cc1. The summed E-state index contributed by atoms with van der Waals surface area (Å²) in [6, 6.07) is 14.4. The lowest BCUT2D eigenvalue weighted by atomic mass is 10.2. The molecule has 27 heavy (non-hydrogen) atoms. The van der Waals surface area contributed by atoms with Crippen LogP contribution in [0.15, 0.2) is 48.5 Å². The zero-order chi connectivity index (χ0) is 18.8. The van der Waals surface area contributed by atoms with Crippen molar-refractivity contribution < 1.29 is 14.3 Å². The number of nitrogens with zero attached hydrogens (tertiary/aromatic N) is 2. The van der Waals surface area contributed by atoms with Crippen molar-refractivity contribution >= 4 is 44.3 Å². The van der Waals surface area contributed by atoms with E-state index in [0.29, 0.717) is 11.7 Å². The van der Waals surface area contributed by atoms with Gasteiger partial charge in [0.25, 0.3) is 0 Å². The highest BCUT2D eigenvalue weighted by molar-refractivity contribution is 7.22. The molecule has 4 rings (SSSR count). The van der Waals surface area contributed by atoms with E-state index < -0.39 is 0 Å². The zero-order valence-electron chi connectivity index (χ0n) is 14.6. The van der Waals surface area contributed by atoms with Crippen molar-refractivity contribution in [3.63, 3.8) is 0 Å². The number of nitrogens with one attached hydrogen (secondary N) is 2. The van der Waals surface area contributed by atoms with Crippen LogP contribution in [-0.4, -0.2) is 36.6 Å². The Bertz CT molecular complexity index is 953. The standard InChI is InChI=1S/C19H18N4O3S/c1-26-14-8-6-13(7-9-14)23-11-12(10-17(23)24)20-18(25)22-19-21-15-4-2-3-5-16(15)27-19/h2-9,12H,10-11H2,1H3,(H2,20,21,22,25)/t12-/m1/s1. The predicted molar refractivity (Wildman–Crippen MR) is 106 cm³/mol. The molecule has 2 heterocycles. The van der Waals surface area contributed by atoms with Crippen molar-refractivity contribution in [2.75, 3.05) is 23.9 Å². The van der Waals surface area contributed by atoms with Gasteiger partial charge in [0.2, 0.25) is 5.91 Å². The molecule has 2 aromatic carbocycles. The van der Waals surface area contributed by atoms with Gasteiger partial charge in [-0.3, -0.25) is 10.1 Å². The summed E-state index contributed by atoms with van der Waals surface area (Å²) in [5, 5.41) is 6.14. The molecule has 0 bridgehead atoms. The molecule has 1 aromatic heterocycles. The number of anilines is 2. The Morgan fingerprint density at radius 3 is 2.74 bits per heavy atom. The molecule has 1 aliphatic heterocycles. The number of benzene rings is 2. The van der Waals surface area contributed by atoms with Crippen molar-refractivity contribution in [3.8, 4) is 5.75 Å². The van der Waals surface area contributed by atoms with Crippen molar-refractivity contribution in [1.29, 1.82) is 0 Å². The van der Waals surface area contributed by atoms with Crippen LogP contribution in [0, 0.1) is 0 Å². The van der Waals surface area contributed by atoms with E-state index in [2.05, 4.69) is 15.6 Å². The van der Waals surface area contributed by atoms with E-state index in [1.54, 1.807) is 12.0 Å². The molecule has 2 N–H and O–H groups in total. The van der Waals surface area contributed by atoms with Gasteiger partial charge in [-0.1, -0.05) is 23.5 Å². The van der Waals surface area contributed by atoms with Crippen LogP contribution in [0.1, 0.15) is 6.42 Å². The molecule has 0 radical (unpaired) electrons. The summed E-state index contributed by atoms with van der Waals surface area (Å²) in [5.74, 6) is 0.709. The summed E-state index contributed by atoms with van der Waals surface area (Å²) in [6.07, 6.45) is 0.263. The lowest BCUT2D eigenvalue weighted by Crippen LogP contribution is -2.39. The van der Waals surface area contributed by atoms with E-state index >= 15 is 0 Å². The van der Waals surface area contributed by atoms with E-state index in [1.165, 1.54) is 11.3 Å². The minimum Gasteiger partial charge on any atom is -0.497 e. The number of urea groups is 1. The number of thiazole rings is 1. The van der Waals surface area contributed by atoms with Crippen LogP contribution in [0.3, 0.4) is 0 Å². The summed E-state index contributed by atoms with van der Waals surface area (Å²) in [5.41, 5.74) is 1.64. The average Bonchev–Trinajstić information content (AvgIpc) is 3.24. The maximum absolute atomic E-state index is 12.3. The third kappa shape index (κ3) is 3.70. The highest BCUT2D eigenvalue weighted by Gasteiger charge is 2.31. The normalized spacial score (nSPS) is 16.6. The van der Waals surface area contributed by atoms with E-state index in [-0.39, 0.29) is 24.4 Å². The van der Waals surface area contributed by atoms with E-state index in [4.69, 9.17) is 4.74 Å². The first-order chi connectivity index (χ1) is 13.1. The molecule has 1 saturated heterocycles. The van der Waals surface area contributed by atoms with Crippen LogP contribution in [0.4, 0.5) is 15.6 Å². The number of carbonyl (C=O) groups is 2. The third-order valence-corrected chi connectivity index (χ3v) is 5.31. The number of rotatable bonds is 4. The van der Waals surface area contributed by atoms with Crippen LogP contribution < -0.4 is 20.3 Å². The molecule has 1 aliphatic rings. The first kappa shape index (κ1) is 17.3. The summed E-state index contributed by atoms with van der Waals surface area (Å²) in [4.78, 5) is 30.6. The fraction of sp³-hybridized carbons (Fsp3) is 0.211. The first-order valence-corrected chi connectivity index (χ1v) is 9.31. The molecule has 0 spiro atoms. The molecule has 0 saturated carbocycles. The number of amides is 3. The molecule has 1 atom stereocenters. The largest absolute Gasteiger partial charge is 0.497 e. The fourth-order valence-electron chi connectivity index (χ4n) is 3.06. The van der Waals surface area contributed by atoms with Gasteiger partial charge >= 0.3 is 6.03 Å². The Hall–Kier alpha value is -3.13. The highest BCUT2D eigenvalue weighted by atomic mass is 32.1. The molecule has 0 unspecified atom stereocenters. The molecular formula is C19H18N4O3S. The van der Waals surface area contributed by atoms with Gasteiger partial charge in [0.05, 0.1) is 23.4 Å². The number of fused-ring (bicyclic) bond motifs is 1. The fourth-order valence-corrected chi connectivity index (χ4v) is 3.92. The predicted octanol–water partition coefficient (Wildman–Crippen LogP) is 3.23. The highest BCUT2D eigenvalue weighted by Crippen LogP contribution is 2.26. The minimum atomic E-state index is -0.358. The van der Waals surface area contributed by atoms with Crippen LogP contribution in [0.5, 0.6) is 5.75 Å². The smallest absolute Gasteiger partial charge is 0.321 e. The maximum Gasteiger partial charge on any atom is 0.321 e. The molecule has 7 nitrogen and oxygen atoms in total. The number of para-hydroxylation sites is 1. The van der Waals surface area contributed by atoms with E-state index in [9.17, 15) is 9.59 Å². The summed E-state index contributed by atoms with van der Waals surface area (Å²) < 4.78 is 6.15. The van der Waals surface area contributed by atoms with Gasteiger partial charge in [0, 0.05) is 18.7 Å². The van der Waals surface area contributed by atoms with Gasteiger partial charge in [-0.05, 0) is 36.4 Å². The van der Waals surface area contributed by atoms with Crippen molar-refractivity contribution in [2.45, 2.75) is 12.5 Å². The first-order valence-electron chi connectivity index (χ1n) is 8.50. The monoisotopic (exact) mass is 382 g/mol. The lowest BCUT2D eigenvalue weighted by molar-refractivity contribution is -0.117. The van der Waals surface area contributed by atoms with E-state index in [1.807, 2.05) is 48.5 Å². The van der Waals surface area contributed by atoms with Crippen molar-refractivity contribution in [1.82, 2.24) is 10.3 Å². The topological polar surface area (TPSA) is 83.6 Å². The zero-order valence-corrected chi connectivity index (χ0v) is 15.5. The van der Waals surface area contributed by atoms with E-state index in [0.717, 1.165) is 21.7 Å². The Morgan fingerprint density at radius 2 is 2.00 bits per heavy atom. The molecule has 0 aliphatic carbocycles. The van der Waals surface area contributed by atoms with Gasteiger partial charge < -0.3 is 15.0 Å². The Morgan fingerprint density at radius 1 is 1.22 bits per heavy atom. The Balaban J connectivity index is 1.37. The van der Waals surface area contributed by atoms with Crippen LogP contribution in [-0.2, 0) is 4.79 Å². The summed E-state index contributed by atoms with van der Waals surface area (Å²) in [6.45, 7) is 0.429. The summed E-state index contributed by atoms with van der Waals surface area (Å²) >= 11 is 1.41. The molecule has 3 amide bonds. The number of methoxy groups -OCH3 is 1. The Kier molecular flexibility index (Phi) is 4.64. The molecule has 1 fully saturated rings. The van der Waals surface area contributed by atoms with Crippen molar-refractivity contribution in [2.24, 2.45) is 0 Å². The van der Waals surface area contributed by atoms with Crippen LogP contribution in [0.25, 0.3) is 10.2 Å². The Labute approximate surface area is 160 Å². The number of hydrogen-bond donors (Lipinski definition) is 2. The molecule has 3 aromatic rings. The second-order valence-corrected chi connectivity index (χ2v) is 7.22. The van der Waals surface area contributed by atoms with Gasteiger partial charge in [0.1, 0.15) is 5.75 Å². The second-order valence-electron chi connectivity index (χ2n) is 6.19. The number of hydrogen-bond acceptors (Lipinski definition) is 5. The van der Waals surface area contributed by atoms with Gasteiger partial charge in [-0.25, -0.2) is 9.78 Å². The van der Waals surface area contributed by atoms with Gasteiger partial charge in [-0.2, -0.15) is 0 Å². The van der Waals surface area contributed by atoms with Crippen LogP contribution >= 0.6 is 11.3 Å². The second kappa shape index (κ2) is 7.24. The molecule has 138 valence electrons. The summed E-state index contributed by atoms with van der Waals surface area (Å²) in [7, 11) is 1.60. The lowest BCUT2D eigenvalue weighted by Gasteiger charge is -2.17. The third-order valence-electron chi connectivity index (χ3n) is 4.36. The van der Waals surface area contributed by atoms with Crippen molar-refractivity contribution in [3.05, 3.63) is 48.5 Å². The maximum atomic E-state index is 12.3.